The van der Waals surface area contributed by atoms with Crippen LogP contribution >= 0.6 is 39.0 Å². The summed E-state index contributed by atoms with van der Waals surface area (Å²) in [4.78, 5) is 29.3. The van der Waals surface area contributed by atoms with E-state index in [9.17, 15) is 9.59 Å². The van der Waals surface area contributed by atoms with Crippen LogP contribution in [0.5, 0.6) is 0 Å². The molecule has 2 amide bonds. The lowest BCUT2D eigenvalue weighted by Gasteiger charge is -2.08. The van der Waals surface area contributed by atoms with E-state index in [2.05, 4.69) is 31.5 Å². The fraction of sp³-hybridized carbons (Fsp3) is 0.125. The van der Waals surface area contributed by atoms with Gasteiger partial charge in [-0.15, -0.1) is 11.3 Å². The highest BCUT2D eigenvalue weighted by Crippen LogP contribution is 2.26. The number of amides is 2. The Balaban J connectivity index is 1.29. The molecule has 8 heteroatoms. The Morgan fingerprint density at radius 3 is 2.69 bits per heavy atom. The highest BCUT2D eigenvalue weighted by Gasteiger charge is 2.11. The van der Waals surface area contributed by atoms with Crippen molar-refractivity contribution in [2.24, 2.45) is 0 Å². The molecule has 0 saturated heterocycles. The number of halogens is 1. The third-order valence-corrected chi connectivity index (χ3v) is 7.66. The van der Waals surface area contributed by atoms with Gasteiger partial charge in [-0.2, -0.15) is 0 Å². The van der Waals surface area contributed by atoms with Gasteiger partial charge < -0.3 is 10.6 Å². The van der Waals surface area contributed by atoms with Gasteiger partial charge in [0.05, 0.1) is 17.9 Å². The molecule has 0 aliphatic carbocycles. The van der Waals surface area contributed by atoms with E-state index >= 15 is 0 Å². The Kier molecular flexibility index (Phi) is 7.24. The van der Waals surface area contributed by atoms with Crippen LogP contribution in [-0.2, 0) is 16.0 Å². The summed E-state index contributed by atoms with van der Waals surface area (Å²) < 4.78 is 1.77. The number of nitrogens with one attached hydrogen (secondary N) is 2. The highest BCUT2D eigenvalue weighted by atomic mass is 79.9. The summed E-state index contributed by atoms with van der Waals surface area (Å²) in [6.07, 6.45) is 0.189. The van der Waals surface area contributed by atoms with Crippen LogP contribution < -0.4 is 10.6 Å². The van der Waals surface area contributed by atoms with Crippen molar-refractivity contribution in [2.75, 3.05) is 16.4 Å². The molecule has 32 heavy (non-hydrogen) atoms. The lowest BCUT2D eigenvalue weighted by molar-refractivity contribution is -0.116. The zero-order chi connectivity index (χ0) is 22.5. The van der Waals surface area contributed by atoms with Gasteiger partial charge in [-0.1, -0.05) is 64.1 Å². The zero-order valence-electron chi connectivity index (χ0n) is 17.2. The third kappa shape index (κ3) is 5.76. The van der Waals surface area contributed by atoms with E-state index in [0.717, 1.165) is 36.5 Å². The van der Waals surface area contributed by atoms with Crippen molar-refractivity contribution >= 4 is 73.0 Å². The van der Waals surface area contributed by atoms with Crippen LogP contribution in [0.3, 0.4) is 0 Å². The number of thiazole rings is 1. The molecular weight excluding hydrogens is 506 g/mol. The number of hydrogen-bond acceptors (Lipinski definition) is 5. The molecule has 0 aliphatic heterocycles. The maximum atomic E-state index is 12.4. The van der Waals surface area contributed by atoms with Crippen molar-refractivity contribution in [1.82, 2.24) is 4.98 Å². The van der Waals surface area contributed by atoms with Gasteiger partial charge in [0.1, 0.15) is 0 Å². The van der Waals surface area contributed by atoms with Gasteiger partial charge in [0.15, 0.2) is 4.34 Å². The number of anilines is 2. The molecule has 0 saturated carbocycles. The largest absolute Gasteiger partial charge is 0.326 e. The average Bonchev–Trinajstić information content (AvgIpc) is 3.22. The minimum Gasteiger partial charge on any atom is -0.326 e. The molecule has 0 bridgehead atoms. The second-order valence-corrected chi connectivity index (χ2v) is 10.1. The Morgan fingerprint density at radius 2 is 1.84 bits per heavy atom. The minimum atomic E-state index is -0.123. The van der Waals surface area contributed by atoms with E-state index in [0.29, 0.717) is 5.69 Å². The SMILES string of the molecule is Cc1cc(NC(=O)Cc2csc(SCC(=O)Nc3cccc4ccccc34)n2)ccc1Br. The van der Waals surface area contributed by atoms with Gasteiger partial charge in [-0.05, 0) is 42.1 Å². The molecule has 0 fully saturated rings. The van der Waals surface area contributed by atoms with Gasteiger partial charge in [-0.25, -0.2) is 4.98 Å². The molecule has 1 aromatic heterocycles. The Labute approximate surface area is 202 Å². The Bertz CT molecular complexity index is 1280. The predicted octanol–water partition coefficient (Wildman–Crippen LogP) is 6.28. The van der Waals surface area contributed by atoms with E-state index in [1.807, 2.05) is 73.0 Å². The third-order valence-electron chi connectivity index (χ3n) is 4.70. The van der Waals surface area contributed by atoms with Gasteiger partial charge in [0, 0.05) is 26.6 Å². The fourth-order valence-electron chi connectivity index (χ4n) is 3.18. The van der Waals surface area contributed by atoms with Crippen LogP contribution in [0.1, 0.15) is 11.3 Å². The molecule has 1 heterocycles. The molecule has 0 radical (unpaired) electrons. The summed E-state index contributed by atoms with van der Waals surface area (Å²) >= 11 is 6.26. The molecule has 2 N–H and O–H groups in total. The lowest BCUT2D eigenvalue weighted by Crippen LogP contribution is -2.15. The van der Waals surface area contributed by atoms with E-state index in [1.165, 1.54) is 23.1 Å². The van der Waals surface area contributed by atoms with E-state index in [1.54, 1.807) is 0 Å². The van der Waals surface area contributed by atoms with Crippen LogP contribution in [0, 0.1) is 6.92 Å². The summed E-state index contributed by atoms with van der Waals surface area (Å²) in [6.45, 7) is 1.97. The summed E-state index contributed by atoms with van der Waals surface area (Å²) in [6, 6.07) is 19.5. The standard InChI is InChI=1S/C24H20BrN3O2S2/c1-15-11-17(9-10-20(15)25)26-22(29)12-18-13-31-24(27-18)32-14-23(30)28-21-8-4-6-16-5-2-3-7-19(16)21/h2-11,13H,12,14H2,1H3,(H,26,29)(H,28,30). The summed E-state index contributed by atoms with van der Waals surface area (Å²) in [5.41, 5.74) is 3.30. The fourth-order valence-corrected chi connectivity index (χ4v) is 5.07. The first-order chi connectivity index (χ1) is 15.5. The first-order valence-electron chi connectivity index (χ1n) is 9.89. The van der Waals surface area contributed by atoms with Crippen LogP contribution in [0.4, 0.5) is 11.4 Å². The van der Waals surface area contributed by atoms with Crippen molar-refractivity contribution in [3.63, 3.8) is 0 Å². The van der Waals surface area contributed by atoms with E-state index < -0.39 is 0 Å². The molecule has 162 valence electrons. The number of aryl methyl sites for hydroxylation is 1. The number of carbonyl (C=O) groups excluding carboxylic acids is 2. The monoisotopic (exact) mass is 525 g/mol. The van der Waals surface area contributed by atoms with Crippen molar-refractivity contribution < 1.29 is 9.59 Å². The van der Waals surface area contributed by atoms with Crippen LogP contribution in [-0.4, -0.2) is 22.6 Å². The van der Waals surface area contributed by atoms with Gasteiger partial charge in [-0.3, -0.25) is 9.59 Å². The highest BCUT2D eigenvalue weighted by molar-refractivity contribution is 9.10. The Hall–Kier alpha value is -2.68. The zero-order valence-corrected chi connectivity index (χ0v) is 20.4. The molecule has 0 aliphatic rings. The van der Waals surface area contributed by atoms with Crippen LogP contribution in [0.2, 0.25) is 0 Å². The molecule has 4 rings (SSSR count). The maximum Gasteiger partial charge on any atom is 0.234 e. The average molecular weight is 526 g/mol. The van der Waals surface area contributed by atoms with Crippen molar-refractivity contribution in [3.05, 3.63) is 81.8 Å². The molecule has 0 spiro atoms. The number of aromatic nitrogens is 1. The van der Waals surface area contributed by atoms with Gasteiger partial charge in [0.2, 0.25) is 11.8 Å². The molecule has 3 aromatic carbocycles. The van der Waals surface area contributed by atoms with Gasteiger partial charge in [0.25, 0.3) is 0 Å². The molecule has 0 atom stereocenters. The summed E-state index contributed by atoms with van der Waals surface area (Å²) in [7, 11) is 0. The molecule has 5 nitrogen and oxygen atoms in total. The minimum absolute atomic E-state index is 0.0912. The van der Waals surface area contributed by atoms with Crippen molar-refractivity contribution in [1.29, 1.82) is 0 Å². The molecule has 0 unspecified atom stereocenters. The number of fused-ring (bicyclic) bond motifs is 1. The lowest BCUT2D eigenvalue weighted by atomic mass is 10.1. The first kappa shape index (κ1) is 22.5. The number of carbonyl (C=O) groups is 2. The van der Waals surface area contributed by atoms with Gasteiger partial charge >= 0.3 is 0 Å². The van der Waals surface area contributed by atoms with Crippen molar-refractivity contribution in [3.8, 4) is 0 Å². The predicted molar refractivity (Wildman–Crippen MR) is 137 cm³/mol. The van der Waals surface area contributed by atoms with E-state index in [4.69, 9.17) is 0 Å². The second kappa shape index (κ2) is 10.3. The second-order valence-electron chi connectivity index (χ2n) is 7.16. The van der Waals surface area contributed by atoms with Crippen molar-refractivity contribution in [2.45, 2.75) is 17.7 Å². The first-order valence-corrected chi connectivity index (χ1v) is 12.5. The number of nitrogens with zero attached hydrogens (tertiary/aromatic N) is 1. The molecular formula is C24H20BrN3O2S2. The number of rotatable bonds is 7. The Morgan fingerprint density at radius 1 is 1.03 bits per heavy atom. The van der Waals surface area contributed by atoms with Crippen LogP contribution in [0.15, 0.2) is 74.9 Å². The normalized spacial score (nSPS) is 10.8. The number of thioether (sulfide) groups is 1. The maximum absolute atomic E-state index is 12.4. The summed E-state index contributed by atoms with van der Waals surface area (Å²) in [5, 5.41) is 9.83. The quantitative estimate of drug-likeness (QED) is 0.278. The van der Waals surface area contributed by atoms with E-state index in [-0.39, 0.29) is 24.0 Å². The number of hydrogen-bond donors (Lipinski definition) is 2. The smallest absolute Gasteiger partial charge is 0.234 e. The number of benzene rings is 3. The molecule has 4 aromatic rings. The van der Waals surface area contributed by atoms with Crippen LogP contribution in [0.25, 0.3) is 10.8 Å². The topological polar surface area (TPSA) is 71.1 Å². The summed E-state index contributed by atoms with van der Waals surface area (Å²) in [5.74, 6) is 0.0364.